The highest BCUT2D eigenvalue weighted by Gasteiger charge is 2.11. The van der Waals surface area contributed by atoms with E-state index in [1.807, 2.05) is 25.1 Å². The molecule has 0 unspecified atom stereocenters. The van der Waals surface area contributed by atoms with E-state index in [-0.39, 0.29) is 6.61 Å². The van der Waals surface area contributed by atoms with Crippen molar-refractivity contribution in [1.29, 1.82) is 0 Å². The van der Waals surface area contributed by atoms with Crippen molar-refractivity contribution in [2.45, 2.75) is 13.5 Å². The van der Waals surface area contributed by atoms with Crippen LogP contribution < -0.4 is 4.74 Å². The predicted octanol–water partition coefficient (Wildman–Crippen LogP) is 5.22. The van der Waals surface area contributed by atoms with Gasteiger partial charge in [-0.05, 0) is 55.0 Å². The van der Waals surface area contributed by atoms with Crippen LogP contribution in [0.1, 0.15) is 17.1 Å². The van der Waals surface area contributed by atoms with E-state index < -0.39 is 0 Å². The first-order valence-corrected chi connectivity index (χ1v) is 9.13. The lowest BCUT2D eigenvalue weighted by Crippen LogP contribution is -1.96. The van der Waals surface area contributed by atoms with Crippen LogP contribution in [-0.2, 0) is 6.61 Å². The average molecular weight is 415 g/mol. The van der Waals surface area contributed by atoms with E-state index in [0.717, 1.165) is 5.56 Å². The lowest BCUT2D eigenvalue weighted by molar-refractivity contribution is 0.268. The molecule has 4 aromatic rings. The Morgan fingerprint density at radius 2 is 2.18 bits per heavy atom. The minimum absolute atomic E-state index is 0.251. The van der Waals surface area contributed by atoms with Gasteiger partial charge in [-0.1, -0.05) is 23.7 Å². The first-order chi connectivity index (χ1) is 13.6. The molecule has 9 heteroatoms. The number of nitrogens with one attached hydrogen (secondary N) is 1. The molecule has 7 nitrogen and oxygen atoms in total. The van der Waals surface area contributed by atoms with Crippen molar-refractivity contribution in [2.75, 3.05) is 0 Å². The van der Waals surface area contributed by atoms with Gasteiger partial charge in [-0.3, -0.25) is 0 Å². The van der Waals surface area contributed by atoms with Crippen molar-refractivity contribution in [3.05, 3.63) is 75.6 Å². The number of halogens is 1. The molecule has 142 valence electrons. The first-order valence-electron chi connectivity index (χ1n) is 8.34. The first kappa shape index (κ1) is 18.3. The van der Waals surface area contributed by atoms with Gasteiger partial charge >= 0.3 is 0 Å². The highest BCUT2D eigenvalue weighted by atomic mass is 35.5. The van der Waals surface area contributed by atoms with Crippen LogP contribution in [0.3, 0.4) is 0 Å². The van der Waals surface area contributed by atoms with Crippen LogP contribution in [0.4, 0.5) is 0 Å². The van der Waals surface area contributed by atoms with E-state index in [1.54, 1.807) is 36.7 Å². The fourth-order valence-electron chi connectivity index (χ4n) is 2.56. The quantitative estimate of drug-likeness (QED) is 0.345. The summed E-state index contributed by atoms with van der Waals surface area (Å²) < 4.78 is 18.7. The third kappa shape index (κ3) is 3.78. The molecule has 0 spiro atoms. The minimum Gasteiger partial charge on any atom is -0.484 e. The molecule has 28 heavy (non-hydrogen) atoms. The number of aromatic nitrogens is 3. The van der Waals surface area contributed by atoms with Gasteiger partial charge in [0.2, 0.25) is 10.6 Å². The van der Waals surface area contributed by atoms with Crippen molar-refractivity contribution >= 4 is 30.0 Å². The van der Waals surface area contributed by atoms with Crippen LogP contribution in [0.15, 0.2) is 62.7 Å². The summed E-state index contributed by atoms with van der Waals surface area (Å²) in [7, 11) is 0. The van der Waals surface area contributed by atoms with Crippen molar-refractivity contribution in [1.82, 2.24) is 14.9 Å². The molecule has 1 aromatic carbocycles. The lowest BCUT2D eigenvalue weighted by atomic mass is 10.2. The van der Waals surface area contributed by atoms with E-state index in [1.165, 1.54) is 4.68 Å². The van der Waals surface area contributed by atoms with E-state index >= 15 is 0 Å². The van der Waals surface area contributed by atoms with Gasteiger partial charge in [0.25, 0.3) is 0 Å². The van der Waals surface area contributed by atoms with Crippen LogP contribution in [0.25, 0.3) is 11.6 Å². The topological polar surface area (TPSA) is 81.5 Å². The molecule has 1 N–H and O–H groups in total. The SMILES string of the molecule is Cc1cccc(Cl)c1OCc1ccc(C=Nn2c(-c3ccco3)n[nH]c2=S)o1. The molecule has 0 radical (unpaired) electrons. The van der Waals surface area contributed by atoms with Crippen molar-refractivity contribution < 1.29 is 13.6 Å². The number of nitrogens with zero attached hydrogens (tertiary/aromatic N) is 3. The summed E-state index contributed by atoms with van der Waals surface area (Å²) in [6, 6.07) is 12.7. The van der Waals surface area contributed by atoms with Crippen LogP contribution in [0, 0.1) is 11.7 Å². The van der Waals surface area contributed by atoms with E-state index in [4.69, 9.17) is 37.4 Å². The molecule has 4 rings (SSSR count). The lowest BCUT2D eigenvalue weighted by Gasteiger charge is -2.09. The Hall–Kier alpha value is -3.10. The maximum absolute atomic E-state index is 6.17. The van der Waals surface area contributed by atoms with Crippen molar-refractivity contribution in [3.8, 4) is 17.3 Å². The Morgan fingerprint density at radius 3 is 2.96 bits per heavy atom. The highest BCUT2D eigenvalue weighted by molar-refractivity contribution is 7.71. The molecule has 0 saturated carbocycles. The Kier molecular flexibility index (Phi) is 5.14. The summed E-state index contributed by atoms with van der Waals surface area (Å²) in [6.45, 7) is 2.19. The van der Waals surface area contributed by atoms with Crippen molar-refractivity contribution in [2.24, 2.45) is 5.10 Å². The molecule has 0 aliphatic rings. The van der Waals surface area contributed by atoms with Gasteiger partial charge in [-0.15, -0.1) is 5.10 Å². The van der Waals surface area contributed by atoms with Gasteiger partial charge in [0, 0.05) is 0 Å². The molecule has 0 aliphatic heterocycles. The van der Waals surface area contributed by atoms with Crippen LogP contribution in [0.5, 0.6) is 5.75 Å². The summed E-state index contributed by atoms with van der Waals surface area (Å²) in [4.78, 5) is 0. The third-order valence-electron chi connectivity index (χ3n) is 3.90. The maximum atomic E-state index is 6.17. The molecule has 0 saturated heterocycles. The summed E-state index contributed by atoms with van der Waals surface area (Å²) in [5.41, 5.74) is 0.959. The number of aryl methyl sites for hydroxylation is 1. The molecule has 3 heterocycles. The molecule has 0 amide bonds. The number of ether oxygens (including phenoxy) is 1. The predicted molar refractivity (Wildman–Crippen MR) is 107 cm³/mol. The van der Waals surface area contributed by atoms with Crippen LogP contribution >= 0.6 is 23.8 Å². The normalized spacial score (nSPS) is 11.4. The number of rotatable bonds is 6. The smallest absolute Gasteiger partial charge is 0.219 e. The largest absolute Gasteiger partial charge is 0.484 e. The Bertz CT molecular complexity index is 1150. The van der Waals surface area contributed by atoms with Gasteiger partial charge < -0.3 is 13.6 Å². The number of benzene rings is 1. The zero-order chi connectivity index (χ0) is 19.5. The standard InChI is InChI=1S/C19H15ClN4O3S/c1-12-4-2-5-15(20)17(12)26-11-14-8-7-13(27-14)10-21-24-18(22-23-19(24)28)16-6-3-9-25-16/h2-10H,11H2,1H3,(H,23,28). The Labute approximate surface area is 170 Å². The van der Waals surface area contributed by atoms with E-state index in [2.05, 4.69) is 15.3 Å². The third-order valence-corrected chi connectivity index (χ3v) is 4.46. The fourth-order valence-corrected chi connectivity index (χ4v) is 3.02. The zero-order valence-electron chi connectivity index (χ0n) is 14.8. The van der Waals surface area contributed by atoms with Crippen molar-refractivity contribution in [3.63, 3.8) is 0 Å². The van der Waals surface area contributed by atoms with Gasteiger partial charge in [0.1, 0.15) is 23.9 Å². The number of H-pyrrole nitrogens is 1. The second kappa shape index (κ2) is 7.87. The minimum atomic E-state index is 0.251. The summed E-state index contributed by atoms with van der Waals surface area (Å²) in [6.07, 6.45) is 3.10. The molecule has 0 aliphatic carbocycles. The average Bonchev–Trinajstić information content (AvgIpc) is 3.41. The molecule has 0 atom stereocenters. The number of hydrogen-bond donors (Lipinski definition) is 1. The van der Waals surface area contributed by atoms with Gasteiger partial charge in [-0.2, -0.15) is 9.78 Å². The summed E-state index contributed by atoms with van der Waals surface area (Å²) in [5, 5.41) is 11.7. The van der Waals surface area contributed by atoms with Crippen LogP contribution in [-0.4, -0.2) is 21.1 Å². The number of para-hydroxylation sites is 1. The monoisotopic (exact) mass is 414 g/mol. The van der Waals surface area contributed by atoms with E-state index in [0.29, 0.717) is 38.6 Å². The number of furan rings is 2. The number of aromatic amines is 1. The highest BCUT2D eigenvalue weighted by Crippen LogP contribution is 2.28. The zero-order valence-corrected chi connectivity index (χ0v) is 16.3. The van der Waals surface area contributed by atoms with Gasteiger partial charge in [-0.25, -0.2) is 5.10 Å². The van der Waals surface area contributed by atoms with E-state index in [9.17, 15) is 0 Å². The molecule has 0 fully saturated rings. The molecule has 3 aromatic heterocycles. The maximum Gasteiger partial charge on any atom is 0.219 e. The molecular weight excluding hydrogens is 400 g/mol. The number of hydrogen-bond acceptors (Lipinski definition) is 6. The Morgan fingerprint density at radius 1 is 1.29 bits per heavy atom. The second-order valence-electron chi connectivity index (χ2n) is 5.86. The summed E-state index contributed by atoms with van der Waals surface area (Å²) in [5.74, 6) is 2.85. The van der Waals surface area contributed by atoms with Gasteiger partial charge in [0.05, 0.1) is 17.5 Å². The second-order valence-corrected chi connectivity index (χ2v) is 6.66. The summed E-state index contributed by atoms with van der Waals surface area (Å²) >= 11 is 11.4. The fraction of sp³-hybridized carbons (Fsp3) is 0.105. The Balaban J connectivity index is 1.49. The molecule has 0 bridgehead atoms. The van der Waals surface area contributed by atoms with Crippen LogP contribution in [0.2, 0.25) is 5.02 Å². The van der Waals surface area contributed by atoms with Gasteiger partial charge in [0.15, 0.2) is 5.76 Å². The molecular formula is C19H15ClN4O3S.